The third kappa shape index (κ3) is 2.47. The zero-order valence-electron chi connectivity index (χ0n) is 13.0. The fraction of sp³-hybridized carbons (Fsp3) is 0.111. The quantitative estimate of drug-likeness (QED) is 0.713. The van der Waals surface area contributed by atoms with Gasteiger partial charge in [-0.3, -0.25) is 0 Å². The van der Waals surface area contributed by atoms with Gasteiger partial charge in [0, 0.05) is 10.2 Å². The van der Waals surface area contributed by atoms with Crippen LogP contribution in [0.2, 0.25) is 0 Å². The first-order chi connectivity index (χ1) is 12.3. The van der Waals surface area contributed by atoms with Gasteiger partial charge in [-0.2, -0.15) is 10.1 Å². The largest absolute Gasteiger partial charge is 0.454 e. The van der Waals surface area contributed by atoms with E-state index in [1.54, 1.807) is 6.33 Å². The summed E-state index contributed by atoms with van der Waals surface area (Å²) in [5, 5.41) is 7.71. The Bertz CT molecular complexity index is 981. The highest BCUT2D eigenvalue weighted by molar-refractivity contribution is 9.10. The first-order valence-corrected chi connectivity index (χ1v) is 8.61. The molecule has 0 bridgehead atoms. The van der Waals surface area contributed by atoms with Gasteiger partial charge < -0.3 is 14.8 Å². The third-order valence-corrected chi connectivity index (χ3v) is 4.83. The fourth-order valence-electron chi connectivity index (χ4n) is 3.07. The Morgan fingerprint density at radius 3 is 2.80 bits per heavy atom. The van der Waals surface area contributed by atoms with Crippen LogP contribution in [0.15, 0.2) is 59.3 Å². The molecule has 1 aromatic heterocycles. The van der Waals surface area contributed by atoms with E-state index in [0.717, 1.165) is 32.8 Å². The maximum Gasteiger partial charge on any atom is 0.231 e. The van der Waals surface area contributed by atoms with Crippen molar-refractivity contribution in [2.24, 2.45) is 0 Å². The number of nitrogens with one attached hydrogen (secondary N) is 1. The highest BCUT2D eigenvalue weighted by Gasteiger charge is 2.25. The Morgan fingerprint density at radius 2 is 1.92 bits per heavy atom. The summed E-state index contributed by atoms with van der Waals surface area (Å²) in [5.74, 6) is 2.24. The number of anilines is 1. The molecule has 1 atom stereocenters. The van der Waals surface area contributed by atoms with Crippen LogP contribution in [0.1, 0.15) is 17.2 Å². The lowest BCUT2D eigenvalue weighted by atomic mass is 10.0. The molecule has 0 unspecified atom stereocenters. The van der Waals surface area contributed by atoms with Crippen LogP contribution in [0, 0.1) is 0 Å². The van der Waals surface area contributed by atoms with Crippen molar-refractivity contribution < 1.29 is 9.47 Å². The van der Waals surface area contributed by atoms with Gasteiger partial charge >= 0.3 is 0 Å². The van der Waals surface area contributed by atoms with Crippen molar-refractivity contribution in [1.29, 1.82) is 0 Å². The van der Waals surface area contributed by atoms with Crippen LogP contribution < -0.4 is 14.8 Å². The Balaban J connectivity index is 1.60. The van der Waals surface area contributed by atoms with E-state index in [9.17, 15) is 0 Å². The highest BCUT2D eigenvalue weighted by atomic mass is 79.9. The van der Waals surface area contributed by atoms with Gasteiger partial charge in [-0.05, 0) is 41.5 Å². The lowest BCUT2D eigenvalue weighted by Gasteiger charge is -2.24. The van der Waals surface area contributed by atoms with Gasteiger partial charge in [0.15, 0.2) is 11.5 Å². The van der Waals surface area contributed by atoms with Crippen LogP contribution in [0.4, 0.5) is 5.95 Å². The zero-order valence-corrected chi connectivity index (χ0v) is 14.6. The molecule has 0 radical (unpaired) electrons. The van der Waals surface area contributed by atoms with Gasteiger partial charge in [0.25, 0.3) is 0 Å². The highest BCUT2D eigenvalue weighted by Crippen LogP contribution is 2.38. The molecule has 7 heteroatoms. The van der Waals surface area contributed by atoms with E-state index in [4.69, 9.17) is 9.47 Å². The summed E-state index contributed by atoms with van der Waals surface area (Å²) < 4.78 is 13.8. The Kier molecular flexibility index (Phi) is 3.27. The van der Waals surface area contributed by atoms with E-state index in [-0.39, 0.29) is 12.8 Å². The number of nitrogens with zero attached hydrogens (tertiary/aromatic N) is 3. The van der Waals surface area contributed by atoms with Crippen LogP contribution >= 0.6 is 15.9 Å². The molecule has 0 aliphatic carbocycles. The number of allylic oxidation sites excluding steroid dienone is 1. The van der Waals surface area contributed by atoms with E-state index in [0.29, 0.717) is 5.95 Å². The van der Waals surface area contributed by atoms with Crippen molar-refractivity contribution in [3.63, 3.8) is 0 Å². The molecule has 3 aromatic rings. The smallest absolute Gasteiger partial charge is 0.231 e. The summed E-state index contributed by atoms with van der Waals surface area (Å²) in [7, 11) is 0. The molecule has 2 aliphatic rings. The first-order valence-electron chi connectivity index (χ1n) is 7.82. The topological polar surface area (TPSA) is 61.2 Å². The van der Waals surface area contributed by atoms with Gasteiger partial charge in [-0.15, -0.1) is 0 Å². The molecular weight excluding hydrogens is 384 g/mol. The minimum atomic E-state index is -0.0769. The summed E-state index contributed by atoms with van der Waals surface area (Å²) >= 11 is 3.47. The van der Waals surface area contributed by atoms with Crippen molar-refractivity contribution in [1.82, 2.24) is 14.8 Å². The van der Waals surface area contributed by atoms with E-state index in [1.165, 1.54) is 0 Å². The number of ether oxygens (including phenoxy) is 2. The second kappa shape index (κ2) is 5.63. The predicted octanol–water partition coefficient (Wildman–Crippen LogP) is 3.83. The summed E-state index contributed by atoms with van der Waals surface area (Å²) in [5.41, 5.74) is 3.14. The molecule has 1 N–H and O–H groups in total. The predicted molar refractivity (Wildman–Crippen MR) is 96.5 cm³/mol. The van der Waals surface area contributed by atoms with Gasteiger partial charge in [0.05, 0.1) is 0 Å². The number of hydrogen-bond donors (Lipinski definition) is 1. The van der Waals surface area contributed by atoms with Crippen molar-refractivity contribution in [2.75, 3.05) is 12.1 Å². The molecule has 2 aromatic carbocycles. The fourth-order valence-corrected chi connectivity index (χ4v) is 3.33. The van der Waals surface area contributed by atoms with E-state index in [2.05, 4.69) is 49.5 Å². The van der Waals surface area contributed by atoms with E-state index < -0.39 is 0 Å². The lowest BCUT2D eigenvalue weighted by molar-refractivity contribution is 0.174. The van der Waals surface area contributed by atoms with E-state index >= 15 is 0 Å². The average molecular weight is 397 g/mol. The minimum absolute atomic E-state index is 0.0769. The molecule has 0 spiro atoms. The van der Waals surface area contributed by atoms with Gasteiger partial charge in [-0.25, -0.2) is 4.68 Å². The maximum absolute atomic E-state index is 5.51. The molecule has 0 fully saturated rings. The van der Waals surface area contributed by atoms with Crippen molar-refractivity contribution in [3.05, 3.63) is 70.5 Å². The van der Waals surface area contributed by atoms with Crippen LogP contribution in [0.25, 0.3) is 5.70 Å². The molecule has 5 rings (SSSR count). The molecule has 3 heterocycles. The van der Waals surface area contributed by atoms with Gasteiger partial charge in [0.2, 0.25) is 12.7 Å². The second-order valence-corrected chi connectivity index (χ2v) is 6.71. The van der Waals surface area contributed by atoms with Crippen LogP contribution in [-0.2, 0) is 0 Å². The Labute approximate surface area is 152 Å². The van der Waals surface area contributed by atoms with Crippen LogP contribution in [-0.4, -0.2) is 21.6 Å². The number of aromatic nitrogens is 3. The summed E-state index contributed by atoms with van der Waals surface area (Å²) in [6, 6.07) is 14.1. The number of rotatable bonds is 2. The Hall–Kier alpha value is -2.80. The molecule has 0 saturated heterocycles. The first kappa shape index (κ1) is 14.5. The molecule has 6 nitrogen and oxygen atoms in total. The number of fused-ring (bicyclic) bond motifs is 2. The third-order valence-electron chi connectivity index (χ3n) is 4.30. The number of benzene rings is 2. The second-order valence-electron chi connectivity index (χ2n) is 5.80. The molecule has 2 aliphatic heterocycles. The molecule has 0 saturated carbocycles. The van der Waals surface area contributed by atoms with Gasteiger partial charge in [-0.1, -0.05) is 34.1 Å². The van der Waals surface area contributed by atoms with Crippen LogP contribution in [0.5, 0.6) is 11.5 Å². The normalized spacial score (nSPS) is 17.6. The summed E-state index contributed by atoms with van der Waals surface area (Å²) in [4.78, 5) is 4.33. The lowest BCUT2D eigenvalue weighted by Crippen LogP contribution is -2.20. The number of hydrogen-bond acceptors (Lipinski definition) is 5. The number of halogens is 1. The zero-order chi connectivity index (χ0) is 16.8. The van der Waals surface area contributed by atoms with Crippen molar-refractivity contribution in [2.45, 2.75) is 6.04 Å². The average Bonchev–Trinajstić information content (AvgIpc) is 3.29. The summed E-state index contributed by atoms with van der Waals surface area (Å²) in [6.45, 7) is 0.263. The molecule has 25 heavy (non-hydrogen) atoms. The Morgan fingerprint density at radius 1 is 1.08 bits per heavy atom. The summed E-state index contributed by atoms with van der Waals surface area (Å²) in [6.07, 6.45) is 3.70. The molecular formula is C18H13BrN4O2. The van der Waals surface area contributed by atoms with Crippen molar-refractivity contribution in [3.8, 4) is 11.5 Å². The molecule has 0 amide bonds. The molecule has 124 valence electrons. The van der Waals surface area contributed by atoms with E-state index in [1.807, 2.05) is 35.0 Å². The maximum atomic E-state index is 5.51. The minimum Gasteiger partial charge on any atom is -0.454 e. The van der Waals surface area contributed by atoms with Crippen LogP contribution in [0.3, 0.4) is 0 Å². The van der Waals surface area contributed by atoms with Crippen molar-refractivity contribution >= 4 is 27.6 Å². The van der Waals surface area contributed by atoms with Gasteiger partial charge in [0.1, 0.15) is 12.4 Å². The standard InChI is InChI=1S/C18H13BrN4O2/c19-13-4-1-11(2-5-13)14-8-15(23-18(22-14)20-9-21-23)12-3-6-16-17(7-12)25-10-24-16/h1-9,15H,10H2,(H,20,21,22)/t15-/m0/s1. The monoisotopic (exact) mass is 396 g/mol. The SMILES string of the molecule is Brc1ccc(C2=C[C@@H](c3ccc4c(c3)OCO4)n3ncnc3N2)cc1.